The monoisotopic (exact) mass is 406 g/mol. The Morgan fingerprint density at radius 1 is 1.12 bits per heavy atom. The zero-order valence-corrected chi connectivity index (χ0v) is 16.4. The molecule has 0 heterocycles. The van der Waals surface area contributed by atoms with E-state index < -0.39 is 11.7 Å². The van der Waals surface area contributed by atoms with Crippen LogP contribution in [-0.2, 0) is 11.3 Å². The van der Waals surface area contributed by atoms with Gasteiger partial charge >= 0.3 is 6.09 Å². The topological polar surface area (TPSA) is 59.6 Å². The van der Waals surface area contributed by atoms with Gasteiger partial charge in [0.25, 0.3) is 0 Å². The van der Waals surface area contributed by atoms with E-state index in [9.17, 15) is 4.79 Å². The van der Waals surface area contributed by atoms with Crippen molar-refractivity contribution in [1.82, 2.24) is 0 Å². The van der Waals surface area contributed by atoms with Crippen molar-refractivity contribution in [3.05, 3.63) is 52.5 Å². The molecule has 0 aliphatic rings. The highest BCUT2D eigenvalue weighted by molar-refractivity contribution is 9.10. The largest absolute Gasteiger partial charge is 0.493 e. The first-order valence-corrected chi connectivity index (χ1v) is 8.74. The Hall–Kier alpha value is -2.21. The summed E-state index contributed by atoms with van der Waals surface area (Å²) in [4.78, 5) is 12.1. The summed E-state index contributed by atoms with van der Waals surface area (Å²) < 4.78 is 11.6. The third-order valence-corrected chi connectivity index (χ3v) is 3.89. The van der Waals surface area contributed by atoms with Gasteiger partial charge in [-0.15, -0.1) is 0 Å². The molecular weight excluding hydrogens is 384 g/mol. The predicted octanol–water partition coefficient (Wildman–Crippen LogP) is 5.42. The summed E-state index contributed by atoms with van der Waals surface area (Å²) in [5.74, 6) is 0.615. The molecule has 5 nitrogen and oxygen atoms in total. The molecule has 0 bridgehead atoms. The van der Waals surface area contributed by atoms with Crippen molar-refractivity contribution in [2.24, 2.45) is 0 Å². The van der Waals surface area contributed by atoms with Gasteiger partial charge in [0.1, 0.15) is 11.3 Å². The molecule has 0 unspecified atom stereocenters. The van der Waals surface area contributed by atoms with E-state index in [-0.39, 0.29) is 0 Å². The van der Waals surface area contributed by atoms with Crippen LogP contribution in [-0.4, -0.2) is 18.8 Å². The third-order valence-electron chi connectivity index (χ3n) is 3.26. The number of methoxy groups -OCH3 is 1. The molecule has 0 radical (unpaired) electrons. The zero-order valence-electron chi connectivity index (χ0n) is 14.9. The minimum atomic E-state index is -0.568. The lowest BCUT2D eigenvalue weighted by atomic mass is 10.2. The minimum Gasteiger partial charge on any atom is -0.493 e. The average molecular weight is 407 g/mol. The van der Waals surface area contributed by atoms with E-state index in [1.54, 1.807) is 13.2 Å². The van der Waals surface area contributed by atoms with Crippen molar-refractivity contribution in [1.29, 1.82) is 0 Å². The predicted molar refractivity (Wildman–Crippen MR) is 104 cm³/mol. The first kappa shape index (κ1) is 19.1. The molecule has 2 rings (SSSR count). The van der Waals surface area contributed by atoms with Crippen LogP contribution >= 0.6 is 15.9 Å². The van der Waals surface area contributed by atoms with Crippen molar-refractivity contribution in [3.63, 3.8) is 0 Å². The van der Waals surface area contributed by atoms with Crippen molar-refractivity contribution in [2.75, 3.05) is 17.7 Å². The number of halogens is 1. The molecule has 2 N–H and O–H groups in total. The van der Waals surface area contributed by atoms with Gasteiger partial charge in [-0.2, -0.15) is 0 Å². The van der Waals surface area contributed by atoms with Crippen LogP contribution in [0.1, 0.15) is 26.3 Å². The van der Waals surface area contributed by atoms with Crippen LogP contribution in [0.5, 0.6) is 5.75 Å². The van der Waals surface area contributed by atoms with E-state index in [0.717, 1.165) is 10.0 Å². The molecule has 2 aromatic carbocycles. The highest BCUT2D eigenvalue weighted by atomic mass is 79.9. The Morgan fingerprint density at radius 3 is 2.40 bits per heavy atom. The van der Waals surface area contributed by atoms with Gasteiger partial charge in [-0.25, -0.2) is 4.79 Å². The van der Waals surface area contributed by atoms with Gasteiger partial charge < -0.3 is 14.8 Å². The van der Waals surface area contributed by atoms with E-state index in [4.69, 9.17) is 9.47 Å². The average Bonchev–Trinajstić information content (AvgIpc) is 2.54. The Kier molecular flexibility index (Phi) is 6.31. The molecule has 0 aliphatic heterocycles. The number of hydrogen-bond acceptors (Lipinski definition) is 4. The maximum absolute atomic E-state index is 12.1. The fourth-order valence-corrected chi connectivity index (χ4v) is 2.73. The number of benzene rings is 2. The number of hydrogen-bond donors (Lipinski definition) is 2. The molecule has 2 aromatic rings. The van der Waals surface area contributed by atoms with Crippen LogP contribution in [0.3, 0.4) is 0 Å². The molecule has 0 spiro atoms. The van der Waals surface area contributed by atoms with Crippen LogP contribution in [0, 0.1) is 0 Å². The molecular formula is C19H23BrN2O3. The Balaban J connectivity index is 2.25. The standard InChI is InChI=1S/C19H23BrN2O3/c1-19(2,3)25-18(23)22-15-11-10-14(20)17(24-4)16(15)21-12-13-8-6-5-7-9-13/h5-11,21H,12H2,1-4H3,(H,22,23). The second-order valence-corrected chi connectivity index (χ2v) is 7.32. The third kappa shape index (κ3) is 5.67. The minimum absolute atomic E-state index is 0.514. The van der Waals surface area contributed by atoms with Crippen LogP contribution in [0.15, 0.2) is 46.9 Å². The summed E-state index contributed by atoms with van der Waals surface area (Å²) in [7, 11) is 1.59. The van der Waals surface area contributed by atoms with Crippen molar-refractivity contribution < 1.29 is 14.3 Å². The van der Waals surface area contributed by atoms with E-state index in [1.165, 1.54) is 0 Å². The van der Waals surface area contributed by atoms with Gasteiger partial charge in [0.15, 0.2) is 5.75 Å². The second-order valence-electron chi connectivity index (χ2n) is 6.47. The lowest BCUT2D eigenvalue weighted by Crippen LogP contribution is -2.27. The summed E-state index contributed by atoms with van der Waals surface area (Å²) in [6, 6.07) is 13.6. The van der Waals surface area contributed by atoms with E-state index in [2.05, 4.69) is 26.6 Å². The number of anilines is 2. The highest BCUT2D eigenvalue weighted by Gasteiger charge is 2.19. The van der Waals surface area contributed by atoms with E-state index in [1.807, 2.05) is 57.2 Å². The SMILES string of the molecule is COc1c(Br)ccc(NC(=O)OC(C)(C)C)c1NCc1ccccc1. The Bertz CT molecular complexity index is 727. The van der Waals surface area contributed by atoms with Gasteiger partial charge in [-0.05, 0) is 54.4 Å². The van der Waals surface area contributed by atoms with Gasteiger partial charge in [-0.3, -0.25) is 5.32 Å². The molecule has 0 saturated heterocycles. The first-order valence-electron chi connectivity index (χ1n) is 7.94. The molecule has 0 aliphatic carbocycles. The number of nitrogens with one attached hydrogen (secondary N) is 2. The van der Waals surface area contributed by atoms with Gasteiger partial charge in [0.05, 0.1) is 17.3 Å². The smallest absolute Gasteiger partial charge is 0.412 e. The van der Waals surface area contributed by atoms with Crippen molar-refractivity contribution >= 4 is 33.4 Å². The number of ether oxygens (including phenoxy) is 2. The lowest BCUT2D eigenvalue weighted by molar-refractivity contribution is 0.0636. The fraction of sp³-hybridized carbons (Fsp3) is 0.316. The maximum atomic E-state index is 12.1. The van der Waals surface area contributed by atoms with Crippen molar-refractivity contribution in [2.45, 2.75) is 32.9 Å². The van der Waals surface area contributed by atoms with E-state index >= 15 is 0 Å². The van der Waals surface area contributed by atoms with Crippen molar-refractivity contribution in [3.8, 4) is 5.75 Å². The molecule has 0 fully saturated rings. The number of carbonyl (C=O) groups is 1. The first-order chi connectivity index (χ1) is 11.8. The summed E-state index contributed by atoms with van der Waals surface area (Å²) >= 11 is 3.47. The maximum Gasteiger partial charge on any atom is 0.412 e. The molecule has 0 saturated carbocycles. The number of carbonyl (C=O) groups excluding carboxylic acids is 1. The van der Waals surface area contributed by atoms with Crippen LogP contribution in [0.2, 0.25) is 0 Å². The zero-order chi connectivity index (χ0) is 18.4. The molecule has 25 heavy (non-hydrogen) atoms. The Morgan fingerprint density at radius 2 is 1.80 bits per heavy atom. The quantitative estimate of drug-likeness (QED) is 0.695. The molecule has 1 amide bonds. The Labute approximate surface area is 156 Å². The van der Waals surface area contributed by atoms with Crippen LogP contribution in [0.4, 0.5) is 16.2 Å². The summed E-state index contributed by atoms with van der Waals surface area (Å²) in [6.07, 6.45) is -0.514. The molecule has 6 heteroatoms. The van der Waals surface area contributed by atoms with Gasteiger partial charge in [0.2, 0.25) is 0 Å². The summed E-state index contributed by atoms with van der Waals surface area (Å²) in [6.45, 7) is 6.06. The second kappa shape index (κ2) is 8.25. The van der Waals surface area contributed by atoms with Crippen LogP contribution in [0.25, 0.3) is 0 Å². The normalized spacial score (nSPS) is 10.9. The molecule has 0 aromatic heterocycles. The number of amides is 1. The molecule has 0 atom stereocenters. The summed E-state index contributed by atoms with van der Waals surface area (Å²) in [5.41, 5.74) is 1.82. The van der Waals surface area contributed by atoms with Gasteiger partial charge in [0, 0.05) is 6.54 Å². The molecule has 134 valence electrons. The highest BCUT2D eigenvalue weighted by Crippen LogP contribution is 2.39. The summed E-state index contributed by atoms with van der Waals surface area (Å²) in [5, 5.41) is 6.11. The number of rotatable bonds is 5. The lowest BCUT2D eigenvalue weighted by Gasteiger charge is -2.22. The fourth-order valence-electron chi connectivity index (χ4n) is 2.24. The van der Waals surface area contributed by atoms with Gasteiger partial charge in [-0.1, -0.05) is 30.3 Å². The van der Waals surface area contributed by atoms with Crippen LogP contribution < -0.4 is 15.4 Å². The van der Waals surface area contributed by atoms with E-state index in [0.29, 0.717) is 23.7 Å².